The van der Waals surface area contributed by atoms with Crippen molar-refractivity contribution < 1.29 is 24.2 Å². The van der Waals surface area contributed by atoms with Gasteiger partial charge in [0.05, 0.1) is 19.1 Å². The largest absolute Gasteiger partial charge is 0.466 e. The van der Waals surface area contributed by atoms with Crippen molar-refractivity contribution in [3.63, 3.8) is 0 Å². The van der Waals surface area contributed by atoms with Crippen LogP contribution in [0.2, 0.25) is 0 Å². The molecule has 5 heteroatoms. The third-order valence-electron chi connectivity index (χ3n) is 2.22. The van der Waals surface area contributed by atoms with Crippen LogP contribution in [0.1, 0.15) is 46.5 Å². The van der Waals surface area contributed by atoms with Gasteiger partial charge >= 0.3 is 11.9 Å². The van der Waals surface area contributed by atoms with E-state index in [1.54, 1.807) is 13.8 Å². The molecule has 100 valence electrons. The fraction of sp³-hybridized carbons (Fsp3) is 0.833. The van der Waals surface area contributed by atoms with Crippen LogP contribution in [-0.2, 0) is 19.1 Å². The summed E-state index contributed by atoms with van der Waals surface area (Å²) in [6, 6.07) is 0. The van der Waals surface area contributed by atoms with E-state index in [4.69, 9.17) is 4.74 Å². The Hall–Kier alpha value is -1.10. The molecule has 0 aliphatic carbocycles. The number of hydrogen-bond donors (Lipinski definition) is 1. The van der Waals surface area contributed by atoms with E-state index in [1.807, 2.05) is 6.92 Å². The van der Waals surface area contributed by atoms with Crippen LogP contribution in [0.3, 0.4) is 0 Å². The average Bonchev–Trinajstić information content (AvgIpc) is 2.26. The van der Waals surface area contributed by atoms with Gasteiger partial charge in [-0.3, -0.25) is 4.79 Å². The van der Waals surface area contributed by atoms with Crippen LogP contribution in [0.5, 0.6) is 0 Å². The van der Waals surface area contributed by atoms with Gasteiger partial charge < -0.3 is 14.6 Å². The van der Waals surface area contributed by atoms with Crippen LogP contribution in [0, 0.1) is 0 Å². The summed E-state index contributed by atoms with van der Waals surface area (Å²) >= 11 is 0. The number of carbonyl (C=O) groups excluding carboxylic acids is 2. The molecule has 0 aromatic heterocycles. The lowest BCUT2D eigenvalue weighted by Crippen LogP contribution is -2.29. The normalized spacial score (nSPS) is 13.9. The maximum absolute atomic E-state index is 11.4. The zero-order valence-corrected chi connectivity index (χ0v) is 10.8. The number of aliphatic hydroxyl groups is 1. The highest BCUT2D eigenvalue weighted by Gasteiger charge is 2.22. The molecule has 0 spiro atoms. The van der Waals surface area contributed by atoms with Crippen molar-refractivity contribution in [1.82, 2.24) is 0 Å². The van der Waals surface area contributed by atoms with Gasteiger partial charge in [0.15, 0.2) is 6.10 Å². The minimum atomic E-state index is -1.43. The quantitative estimate of drug-likeness (QED) is 0.656. The first-order valence-electron chi connectivity index (χ1n) is 6.05. The van der Waals surface area contributed by atoms with Gasteiger partial charge in [0.25, 0.3) is 0 Å². The number of hydrogen-bond acceptors (Lipinski definition) is 5. The Bertz CT molecular complexity index is 239. The second kappa shape index (κ2) is 8.98. The zero-order chi connectivity index (χ0) is 13.3. The van der Waals surface area contributed by atoms with Crippen molar-refractivity contribution in [2.45, 2.75) is 58.7 Å². The second-order valence-electron chi connectivity index (χ2n) is 3.91. The first-order valence-corrected chi connectivity index (χ1v) is 6.05. The van der Waals surface area contributed by atoms with E-state index in [9.17, 15) is 14.7 Å². The minimum absolute atomic E-state index is 0.230. The molecule has 17 heavy (non-hydrogen) atoms. The standard InChI is InChI=1S/C12H22O5/c1-4-6-7-9(3)17-12(15)10(13)8-11(14)16-5-2/h9-10,13H,4-8H2,1-3H3. The Morgan fingerprint density at radius 2 is 1.94 bits per heavy atom. The third kappa shape index (κ3) is 7.74. The molecule has 0 fully saturated rings. The highest BCUT2D eigenvalue weighted by Crippen LogP contribution is 2.07. The van der Waals surface area contributed by atoms with Crippen LogP contribution in [0.15, 0.2) is 0 Å². The van der Waals surface area contributed by atoms with Gasteiger partial charge in [-0.15, -0.1) is 0 Å². The summed E-state index contributed by atoms with van der Waals surface area (Å²) in [5, 5.41) is 9.41. The summed E-state index contributed by atoms with van der Waals surface area (Å²) in [4.78, 5) is 22.4. The number of ether oxygens (including phenoxy) is 2. The fourth-order valence-corrected chi connectivity index (χ4v) is 1.29. The van der Waals surface area contributed by atoms with Crippen molar-refractivity contribution in [1.29, 1.82) is 0 Å². The van der Waals surface area contributed by atoms with Crippen molar-refractivity contribution in [3.05, 3.63) is 0 Å². The maximum atomic E-state index is 11.4. The van der Waals surface area contributed by atoms with Gasteiger partial charge in [-0.2, -0.15) is 0 Å². The Morgan fingerprint density at radius 1 is 1.29 bits per heavy atom. The lowest BCUT2D eigenvalue weighted by atomic mass is 10.2. The number of esters is 2. The SMILES string of the molecule is CCCCC(C)OC(=O)C(O)CC(=O)OCC. The molecule has 0 saturated heterocycles. The molecule has 0 radical (unpaired) electrons. The van der Waals surface area contributed by atoms with Crippen LogP contribution in [0.25, 0.3) is 0 Å². The Kier molecular flexibility index (Phi) is 8.40. The summed E-state index contributed by atoms with van der Waals surface area (Å²) in [5.41, 5.74) is 0. The molecule has 0 aliphatic heterocycles. The molecule has 0 amide bonds. The van der Waals surface area contributed by atoms with Crippen molar-refractivity contribution in [2.24, 2.45) is 0 Å². The lowest BCUT2D eigenvalue weighted by Gasteiger charge is -2.15. The van der Waals surface area contributed by atoms with E-state index >= 15 is 0 Å². The molecule has 1 N–H and O–H groups in total. The van der Waals surface area contributed by atoms with Gasteiger partial charge in [0.1, 0.15) is 0 Å². The molecule has 2 unspecified atom stereocenters. The van der Waals surface area contributed by atoms with Gasteiger partial charge in [0.2, 0.25) is 0 Å². The van der Waals surface area contributed by atoms with E-state index in [2.05, 4.69) is 4.74 Å². The zero-order valence-electron chi connectivity index (χ0n) is 10.8. The van der Waals surface area contributed by atoms with E-state index in [-0.39, 0.29) is 19.1 Å². The summed E-state index contributed by atoms with van der Waals surface area (Å²) in [5.74, 6) is -1.36. The van der Waals surface area contributed by atoms with Gasteiger partial charge in [-0.1, -0.05) is 19.8 Å². The van der Waals surface area contributed by atoms with Crippen molar-refractivity contribution in [3.8, 4) is 0 Å². The molecular formula is C12H22O5. The lowest BCUT2D eigenvalue weighted by molar-refractivity contribution is -0.163. The summed E-state index contributed by atoms with van der Waals surface area (Å²) in [7, 11) is 0. The van der Waals surface area contributed by atoms with Gasteiger partial charge in [-0.05, 0) is 20.3 Å². The maximum Gasteiger partial charge on any atom is 0.335 e. The molecule has 0 heterocycles. The minimum Gasteiger partial charge on any atom is -0.466 e. The first-order chi connectivity index (χ1) is 8.01. The molecule has 0 bridgehead atoms. The molecule has 0 aromatic carbocycles. The van der Waals surface area contributed by atoms with E-state index in [1.165, 1.54) is 0 Å². The Balaban J connectivity index is 3.92. The van der Waals surface area contributed by atoms with E-state index in [0.29, 0.717) is 0 Å². The van der Waals surface area contributed by atoms with Crippen LogP contribution >= 0.6 is 0 Å². The molecular weight excluding hydrogens is 224 g/mol. The van der Waals surface area contributed by atoms with Crippen LogP contribution in [-0.4, -0.2) is 35.9 Å². The summed E-state index contributed by atoms with van der Waals surface area (Å²) in [6.07, 6.45) is 0.717. The predicted molar refractivity (Wildman–Crippen MR) is 62.3 cm³/mol. The predicted octanol–water partition coefficient (Wildman–Crippen LogP) is 1.42. The molecule has 0 rings (SSSR count). The third-order valence-corrected chi connectivity index (χ3v) is 2.22. The topological polar surface area (TPSA) is 72.8 Å². The van der Waals surface area contributed by atoms with E-state index < -0.39 is 18.0 Å². The molecule has 0 aliphatic rings. The summed E-state index contributed by atoms with van der Waals surface area (Å²) in [6.45, 7) is 5.71. The number of rotatable bonds is 8. The highest BCUT2D eigenvalue weighted by molar-refractivity contribution is 5.81. The number of aliphatic hydroxyl groups excluding tert-OH is 1. The summed E-state index contributed by atoms with van der Waals surface area (Å²) < 4.78 is 9.62. The van der Waals surface area contributed by atoms with Gasteiger partial charge in [0, 0.05) is 0 Å². The van der Waals surface area contributed by atoms with Crippen LogP contribution < -0.4 is 0 Å². The Morgan fingerprint density at radius 3 is 2.47 bits per heavy atom. The van der Waals surface area contributed by atoms with Crippen molar-refractivity contribution >= 4 is 11.9 Å². The second-order valence-corrected chi connectivity index (χ2v) is 3.91. The Labute approximate surface area is 102 Å². The monoisotopic (exact) mass is 246 g/mol. The smallest absolute Gasteiger partial charge is 0.335 e. The van der Waals surface area contributed by atoms with Gasteiger partial charge in [-0.25, -0.2) is 4.79 Å². The average molecular weight is 246 g/mol. The number of carbonyl (C=O) groups is 2. The van der Waals surface area contributed by atoms with E-state index in [0.717, 1.165) is 19.3 Å². The van der Waals surface area contributed by atoms with Crippen molar-refractivity contribution in [2.75, 3.05) is 6.61 Å². The van der Waals surface area contributed by atoms with Crippen LogP contribution in [0.4, 0.5) is 0 Å². The molecule has 0 saturated carbocycles. The molecule has 0 aromatic rings. The number of unbranched alkanes of at least 4 members (excludes halogenated alkanes) is 1. The molecule has 5 nitrogen and oxygen atoms in total. The molecule has 2 atom stereocenters. The fourth-order valence-electron chi connectivity index (χ4n) is 1.29. The highest BCUT2D eigenvalue weighted by atomic mass is 16.6. The first kappa shape index (κ1) is 15.9.